The van der Waals surface area contributed by atoms with Crippen LogP contribution in [0, 0.1) is 6.92 Å². The number of hydrogen-bond donors (Lipinski definition) is 1. The molecule has 0 aliphatic heterocycles. The van der Waals surface area contributed by atoms with Gasteiger partial charge >= 0.3 is 10.4 Å². The van der Waals surface area contributed by atoms with Gasteiger partial charge in [0.25, 0.3) is 5.91 Å². The van der Waals surface area contributed by atoms with E-state index in [-0.39, 0.29) is 19.1 Å². The smallest absolute Gasteiger partial charge is 0.339 e. The third-order valence-corrected chi connectivity index (χ3v) is 2.77. The van der Waals surface area contributed by atoms with Crippen molar-refractivity contribution in [2.24, 2.45) is 0 Å². The summed E-state index contributed by atoms with van der Waals surface area (Å²) < 4.78 is 33.1. The largest absolute Gasteiger partial charge is 0.397 e. The van der Waals surface area contributed by atoms with E-state index in [1.165, 1.54) is 11.9 Å². The van der Waals surface area contributed by atoms with E-state index >= 15 is 0 Å². The molecule has 0 saturated heterocycles. The molecule has 1 aromatic carbocycles. The number of rotatable bonds is 5. The Kier molecular flexibility index (Phi) is 4.83. The van der Waals surface area contributed by atoms with Crippen LogP contribution in [0.15, 0.2) is 24.3 Å². The Morgan fingerprint density at radius 3 is 2.39 bits per heavy atom. The fraction of sp³-hybridized carbons (Fsp3) is 0.364. The summed E-state index contributed by atoms with van der Waals surface area (Å²) in [6.07, 6.45) is 0. The van der Waals surface area contributed by atoms with Crippen molar-refractivity contribution in [3.8, 4) is 0 Å². The molecule has 100 valence electrons. The van der Waals surface area contributed by atoms with Crippen LogP contribution in [0.25, 0.3) is 0 Å². The molecule has 1 amide bonds. The molecule has 0 atom stereocenters. The maximum absolute atomic E-state index is 11.9. The fourth-order valence-electron chi connectivity index (χ4n) is 1.30. The molecule has 0 aromatic heterocycles. The van der Waals surface area contributed by atoms with Gasteiger partial charge in [0.15, 0.2) is 0 Å². The quantitative estimate of drug-likeness (QED) is 0.805. The topological polar surface area (TPSA) is 83.9 Å². The van der Waals surface area contributed by atoms with Crippen LogP contribution in [0.3, 0.4) is 0 Å². The van der Waals surface area contributed by atoms with Crippen LogP contribution in [-0.4, -0.2) is 44.0 Å². The molecule has 0 heterocycles. The van der Waals surface area contributed by atoms with E-state index in [9.17, 15) is 13.2 Å². The molecule has 0 fully saturated rings. The number of hydrogen-bond acceptors (Lipinski definition) is 4. The highest BCUT2D eigenvalue weighted by Crippen LogP contribution is 2.06. The third kappa shape index (κ3) is 4.82. The molecule has 0 saturated carbocycles. The minimum Gasteiger partial charge on any atom is -0.339 e. The zero-order chi connectivity index (χ0) is 13.8. The summed E-state index contributed by atoms with van der Waals surface area (Å²) in [7, 11) is -2.93. The molecule has 6 nitrogen and oxygen atoms in total. The summed E-state index contributed by atoms with van der Waals surface area (Å²) in [6.45, 7) is 1.69. The Labute approximate surface area is 106 Å². The van der Waals surface area contributed by atoms with Gasteiger partial charge in [-0.15, -0.1) is 0 Å². The third-order valence-electron chi connectivity index (χ3n) is 2.30. The monoisotopic (exact) mass is 273 g/mol. The number of carbonyl (C=O) groups excluding carboxylic acids is 1. The van der Waals surface area contributed by atoms with E-state index in [1.54, 1.807) is 12.1 Å². The van der Waals surface area contributed by atoms with Crippen molar-refractivity contribution >= 4 is 16.3 Å². The minimum absolute atomic E-state index is 0.0620. The molecular weight excluding hydrogens is 258 g/mol. The molecule has 0 aliphatic rings. The van der Waals surface area contributed by atoms with Gasteiger partial charge in [0, 0.05) is 19.2 Å². The lowest BCUT2D eigenvalue weighted by Crippen LogP contribution is -2.30. The molecule has 18 heavy (non-hydrogen) atoms. The van der Waals surface area contributed by atoms with E-state index in [4.69, 9.17) is 4.55 Å². The molecule has 1 N–H and O–H groups in total. The Bertz CT molecular complexity index is 509. The van der Waals surface area contributed by atoms with Gasteiger partial charge in [-0.3, -0.25) is 9.35 Å². The minimum atomic E-state index is -4.45. The van der Waals surface area contributed by atoms with Gasteiger partial charge in [0.2, 0.25) is 0 Å². The highest BCUT2D eigenvalue weighted by molar-refractivity contribution is 7.80. The van der Waals surface area contributed by atoms with Crippen molar-refractivity contribution in [1.29, 1.82) is 0 Å². The number of carbonyl (C=O) groups is 1. The first-order chi connectivity index (χ1) is 8.29. The molecule has 1 aromatic rings. The van der Waals surface area contributed by atoms with E-state index in [2.05, 4.69) is 4.18 Å². The highest BCUT2D eigenvalue weighted by Gasteiger charge is 2.12. The van der Waals surface area contributed by atoms with Crippen LogP contribution in [0.1, 0.15) is 15.9 Å². The number of likely N-dealkylation sites (N-methyl/N-ethyl adjacent to an activating group) is 1. The second kappa shape index (κ2) is 5.94. The van der Waals surface area contributed by atoms with E-state index in [0.717, 1.165) is 5.56 Å². The molecule has 1 rings (SSSR count). The van der Waals surface area contributed by atoms with Crippen molar-refractivity contribution in [3.05, 3.63) is 35.4 Å². The summed E-state index contributed by atoms with van der Waals surface area (Å²) in [4.78, 5) is 13.2. The fourth-order valence-corrected chi connectivity index (χ4v) is 1.58. The second-order valence-electron chi connectivity index (χ2n) is 3.84. The van der Waals surface area contributed by atoms with E-state index in [1.807, 2.05) is 19.1 Å². The number of nitrogens with zero attached hydrogens (tertiary/aromatic N) is 1. The Morgan fingerprint density at radius 2 is 1.89 bits per heavy atom. The zero-order valence-electron chi connectivity index (χ0n) is 10.2. The van der Waals surface area contributed by atoms with Crippen molar-refractivity contribution in [2.75, 3.05) is 20.2 Å². The first-order valence-electron chi connectivity index (χ1n) is 5.23. The summed E-state index contributed by atoms with van der Waals surface area (Å²) in [5.74, 6) is -0.242. The van der Waals surface area contributed by atoms with Crippen molar-refractivity contribution in [2.45, 2.75) is 6.92 Å². The van der Waals surface area contributed by atoms with Gasteiger partial charge < -0.3 is 4.90 Å². The lowest BCUT2D eigenvalue weighted by molar-refractivity contribution is 0.0771. The van der Waals surface area contributed by atoms with Crippen LogP contribution in [-0.2, 0) is 14.6 Å². The van der Waals surface area contributed by atoms with Gasteiger partial charge in [0.05, 0.1) is 6.61 Å². The highest BCUT2D eigenvalue weighted by atomic mass is 32.3. The Balaban J connectivity index is 2.54. The summed E-state index contributed by atoms with van der Waals surface area (Å²) in [5, 5.41) is 0. The van der Waals surface area contributed by atoms with E-state index in [0.29, 0.717) is 5.56 Å². The molecule has 0 radical (unpaired) electrons. The Hall–Kier alpha value is -1.44. The number of benzene rings is 1. The van der Waals surface area contributed by atoms with Crippen molar-refractivity contribution in [1.82, 2.24) is 4.90 Å². The maximum atomic E-state index is 11.9. The van der Waals surface area contributed by atoms with Crippen LogP contribution in [0.4, 0.5) is 0 Å². The average molecular weight is 273 g/mol. The molecular formula is C11H15NO5S. The lowest BCUT2D eigenvalue weighted by Gasteiger charge is -2.16. The molecule has 0 aliphatic carbocycles. The summed E-state index contributed by atoms with van der Waals surface area (Å²) in [6, 6.07) is 7.02. The predicted molar refractivity (Wildman–Crippen MR) is 65.6 cm³/mol. The molecule has 0 unspecified atom stereocenters. The standard InChI is InChI=1S/C11H15NO5S/c1-9-3-5-10(6-4-9)11(13)12(2)7-8-17-18(14,15)16/h3-6H,7-8H2,1-2H3,(H,14,15,16). The van der Waals surface area contributed by atoms with Gasteiger partial charge in [-0.05, 0) is 19.1 Å². The molecule has 7 heteroatoms. The predicted octanol–water partition coefficient (Wildman–Crippen LogP) is 0.886. The number of amides is 1. The van der Waals surface area contributed by atoms with Crippen LogP contribution in [0.5, 0.6) is 0 Å². The van der Waals surface area contributed by atoms with Crippen LogP contribution in [0.2, 0.25) is 0 Å². The Morgan fingerprint density at radius 1 is 1.33 bits per heavy atom. The van der Waals surface area contributed by atoms with Gasteiger partial charge in [-0.2, -0.15) is 8.42 Å². The molecule has 0 bridgehead atoms. The van der Waals surface area contributed by atoms with Crippen molar-refractivity contribution in [3.63, 3.8) is 0 Å². The van der Waals surface area contributed by atoms with E-state index < -0.39 is 10.4 Å². The summed E-state index contributed by atoms with van der Waals surface area (Å²) in [5.41, 5.74) is 1.55. The van der Waals surface area contributed by atoms with Gasteiger partial charge in [-0.25, -0.2) is 4.18 Å². The van der Waals surface area contributed by atoms with Gasteiger partial charge in [0.1, 0.15) is 0 Å². The SMILES string of the molecule is Cc1ccc(C(=O)N(C)CCOS(=O)(=O)O)cc1. The lowest BCUT2D eigenvalue weighted by atomic mass is 10.1. The zero-order valence-corrected chi connectivity index (χ0v) is 11.0. The second-order valence-corrected chi connectivity index (χ2v) is 4.93. The first-order valence-corrected chi connectivity index (χ1v) is 6.60. The maximum Gasteiger partial charge on any atom is 0.397 e. The van der Waals surface area contributed by atoms with Crippen molar-refractivity contribution < 1.29 is 21.9 Å². The van der Waals surface area contributed by atoms with Gasteiger partial charge in [-0.1, -0.05) is 17.7 Å². The first kappa shape index (κ1) is 14.6. The average Bonchev–Trinajstić information content (AvgIpc) is 2.27. The number of aryl methyl sites for hydroxylation is 1. The normalized spacial score (nSPS) is 11.3. The van der Waals surface area contributed by atoms with Crippen LogP contribution >= 0.6 is 0 Å². The molecule has 0 spiro atoms. The van der Waals surface area contributed by atoms with Crippen LogP contribution < -0.4 is 0 Å². The summed E-state index contributed by atoms with van der Waals surface area (Å²) >= 11 is 0.